The quantitative estimate of drug-likeness (QED) is 0.704. The lowest BCUT2D eigenvalue weighted by Crippen LogP contribution is -2.37. The predicted molar refractivity (Wildman–Crippen MR) is 101 cm³/mol. The molecule has 0 radical (unpaired) electrons. The van der Waals surface area contributed by atoms with Gasteiger partial charge in [-0.05, 0) is 19.1 Å². The first-order chi connectivity index (χ1) is 13.6. The van der Waals surface area contributed by atoms with Gasteiger partial charge in [-0.25, -0.2) is 4.98 Å². The molecule has 1 atom stereocenters. The molecule has 2 amide bonds. The number of carbonyl (C=O) groups is 2. The lowest BCUT2D eigenvalue weighted by atomic mass is 10.1. The Hall–Kier alpha value is -3.42. The first-order valence-electron chi connectivity index (χ1n) is 9.12. The number of likely N-dealkylation sites (tertiary alicyclic amines) is 1. The van der Waals surface area contributed by atoms with Crippen molar-refractivity contribution < 1.29 is 18.7 Å². The van der Waals surface area contributed by atoms with Crippen molar-refractivity contribution in [2.24, 2.45) is 0 Å². The molecule has 1 aromatic carbocycles. The summed E-state index contributed by atoms with van der Waals surface area (Å²) in [5.41, 5.74) is 0.170. The molecule has 2 aromatic heterocycles. The van der Waals surface area contributed by atoms with Crippen molar-refractivity contribution >= 4 is 22.6 Å². The third kappa shape index (κ3) is 3.66. The number of ether oxygens (including phenoxy) is 1. The first kappa shape index (κ1) is 18.0. The van der Waals surface area contributed by atoms with E-state index in [4.69, 9.17) is 9.15 Å². The average molecular weight is 380 g/mol. The Labute approximate surface area is 161 Å². The summed E-state index contributed by atoms with van der Waals surface area (Å²) in [6.07, 6.45) is 5.08. The number of pyridine rings is 1. The summed E-state index contributed by atoms with van der Waals surface area (Å²) in [7, 11) is 0. The maximum Gasteiger partial charge on any atom is 0.273 e. The molecule has 8 nitrogen and oxygen atoms in total. The number of fused-ring (bicyclic) bond motifs is 1. The van der Waals surface area contributed by atoms with E-state index in [1.807, 2.05) is 31.2 Å². The van der Waals surface area contributed by atoms with Crippen molar-refractivity contribution in [3.63, 3.8) is 0 Å². The van der Waals surface area contributed by atoms with Gasteiger partial charge in [-0.1, -0.05) is 12.1 Å². The summed E-state index contributed by atoms with van der Waals surface area (Å²) in [6.45, 7) is 3.17. The number of hydrogen-bond acceptors (Lipinski definition) is 6. The molecular formula is C20H20N4O4. The van der Waals surface area contributed by atoms with Crippen molar-refractivity contribution in [2.75, 3.05) is 13.1 Å². The van der Waals surface area contributed by atoms with E-state index in [9.17, 15) is 9.59 Å². The third-order valence-electron chi connectivity index (χ3n) is 4.71. The Morgan fingerprint density at radius 3 is 3.11 bits per heavy atom. The zero-order chi connectivity index (χ0) is 19.5. The molecule has 144 valence electrons. The third-order valence-corrected chi connectivity index (χ3v) is 4.71. The standard InChI is InChI=1S/C20H20N4O4/c1-2-24-10-14(8-19(24)25)22-20(26)16-11-28-18(23-16)12-27-17-5-3-4-13-9-21-7-6-15(13)17/h3-7,9,11,14H,2,8,10,12H2,1H3,(H,22,26). The molecule has 1 N–H and O–H groups in total. The molecule has 0 aliphatic carbocycles. The Morgan fingerprint density at radius 2 is 2.29 bits per heavy atom. The molecule has 3 heterocycles. The predicted octanol–water partition coefficient (Wildman–Crippen LogP) is 2.15. The van der Waals surface area contributed by atoms with Gasteiger partial charge in [0.25, 0.3) is 5.91 Å². The molecule has 0 saturated carbocycles. The highest BCUT2D eigenvalue weighted by atomic mass is 16.5. The second-order valence-electron chi connectivity index (χ2n) is 6.58. The van der Waals surface area contributed by atoms with E-state index >= 15 is 0 Å². The van der Waals surface area contributed by atoms with Crippen molar-refractivity contribution in [3.8, 4) is 5.75 Å². The first-order valence-corrected chi connectivity index (χ1v) is 9.12. The van der Waals surface area contributed by atoms with Gasteiger partial charge in [0, 0.05) is 42.7 Å². The van der Waals surface area contributed by atoms with Gasteiger partial charge in [-0.3, -0.25) is 14.6 Å². The topological polar surface area (TPSA) is 97.6 Å². The van der Waals surface area contributed by atoms with E-state index in [0.29, 0.717) is 31.2 Å². The van der Waals surface area contributed by atoms with E-state index < -0.39 is 0 Å². The Morgan fingerprint density at radius 1 is 1.39 bits per heavy atom. The van der Waals surface area contributed by atoms with Crippen LogP contribution in [0.5, 0.6) is 5.75 Å². The minimum atomic E-state index is -0.359. The van der Waals surface area contributed by atoms with Crippen molar-refractivity contribution in [3.05, 3.63) is 54.5 Å². The maximum atomic E-state index is 12.4. The van der Waals surface area contributed by atoms with Crippen LogP contribution in [0.4, 0.5) is 0 Å². The molecule has 1 fully saturated rings. The van der Waals surface area contributed by atoms with Crippen LogP contribution in [0.15, 0.2) is 47.3 Å². The smallest absolute Gasteiger partial charge is 0.273 e. The molecule has 0 spiro atoms. The van der Waals surface area contributed by atoms with E-state index in [2.05, 4.69) is 15.3 Å². The molecule has 4 rings (SSSR count). The molecule has 1 saturated heterocycles. The number of rotatable bonds is 6. The summed E-state index contributed by atoms with van der Waals surface area (Å²) < 4.78 is 11.2. The molecule has 0 bridgehead atoms. The Bertz CT molecular complexity index is 1010. The fourth-order valence-electron chi connectivity index (χ4n) is 3.27. The Balaban J connectivity index is 1.38. The summed E-state index contributed by atoms with van der Waals surface area (Å²) in [4.78, 5) is 34.1. The van der Waals surface area contributed by atoms with Gasteiger partial charge in [0.15, 0.2) is 12.3 Å². The van der Waals surface area contributed by atoms with Crippen LogP contribution in [-0.2, 0) is 11.4 Å². The summed E-state index contributed by atoms with van der Waals surface area (Å²) >= 11 is 0. The van der Waals surface area contributed by atoms with Crippen LogP contribution < -0.4 is 10.1 Å². The number of oxazole rings is 1. The average Bonchev–Trinajstić information content (AvgIpc) is 3.32. The van der Waals surface area contributed by atoms with Crippen molar-refractivity contribution in [1.82, 2.24) is 20.2 Å². The zero-order valence-corrected chi connectivity index (χ0v) is 15.4. The number of benzene rings is 1. The minimum absolute atomic E-state index is 0.0485. The van der Waals surface area contributed by atoms with Gasteiger partial charge in [-0.15, -0.1) is 0 Å². The molecule has 1 unspecified atom stereocenters. The highest BCUT2D eigenvalue weighted by Gasteiger charge is 2.30. The molecule has 28 heavy (non-hydrogen) atoms. The van der Waals surface area contributed by atoms with Gasteiger partial charge in [-0.2, -0.15) is 0 Å². The van der Waals surface area contributed by atoms with Crippen LogP contribution in [0.1, 0.15) is 29.7 Å². The van der Waals surface area contributed by atoms with E-state index in [0.717, 1.165) is 10.8 Å². The number of aromatic nitrogens is 2. The van der Waals surface area contributed by atoms with E-state index in [-0.39, 0.29) is 30.2 Å². The van der Waals surface area contributed by atoms with Gasteiger partial charge >= 0.3 is 0 Å². The monoisotopic (exact) mass is 380 g/mol. The van der Waals surface area contributed by atoms with Crippen LogP contribution in [0, 0.1) is 0 Å². The fraction of sp³-hybridized carbons (Fsp3) is 0.300. The summed E-state index contributed by atoms with van der Waals surface area (Å²) in [6, 6.07) is 7.37. The number of hydrogen-bond donors (Lipinski definition) is 1. The molecule has 3 aromatic rings. The lowest BCUT2D eigenvalue weighted by Gasteiger charge is -2.13. The SMILES string of the molecule is CCN1CC(NC(=O)c2coc(COc3cccc4cnccc34)n2)CC1=O. The summed E-state index contributed by atoms with van der Waals surface area (Å²) in [5, 5.41) is 4.74. The molecule has 1 aliphatic rings. The number of likely N-dealkylation sites (N-methyl/N-ethyl adjacent to an activating group) is 1. The second kappa shape index (κ2) is 7.67. The van der Waals surface area contributed by atoms with Gasteiger partial charge in [0.1, 0.15) is 12.0 Å². The van der Waals surface area contributed by atoms with Crippen LogP contribution in [0.2, 0.25) is 0 Å². The Kier molecular flexibility index (Phi) is 4.92. The van der Waals surface area contributed by atoms with Crippen LogP contribution in [-0.4, -0.2) is 45.8 Å². The van der Waals surface area contributed by atoms with E-state index in [1.54, 1.807) is 17.3 Å². The number of nitrogens with zero attached hydrogens (tertiary/aromatic N) is 3. The van der Waals surface area contributed by atoms with Crippen LogP contribution >= 0.6 is 0 Å². The van der Waals surface area contributed by atoms with Gasteiger partial charge in [0.2, 0.25) is 11.8 Å². The highest BCUT2D eigenvalue weighted by Crippen LogP contribution is 2.25. The highest BCUT2D eigenvalue weighted by molar-refractivity contribution is 5.93. The second-order valence-corrected chi connectivity index (χ2v) is 6.58. The largest absolute Gasteiger partial charge is 0.483 e. The zero-order valence-electron chi connectivity index (χ0n) is 15.4. The molecular weight excluding hydrogens is 360 g/mol. The van der Waals surface area contributed by atoms with Crippen LogP contribution in [0.3, 0.4) is 0 Å². The normalized spacial score (nSPS) is 16.5. The van der Waals surface area contributed by atoms with E-state index in [1.165, 1.54) is 6.26 Å². The maximum absolute atomic E-state index is 12.4. The summed E-state index contributed by atoms with van der Waals surface area (Å²) in [5.74, 6) is 0.677. The lowest BCUT2D eigenvalue weighted by molar-refractivity contribution is -0.127. The van der Waals surface area contributed by atoms with Gasteiger partial charge in [0.05, 0.1) is 6.04 Å². The van der Waals surface area contributed by atoms with Gasteiger partial charge < -0.3 is 19.4 Å². The van der Waals surface area contributed by atoms with Crippen LogP contribution in [0.25, 0.3) is 10.8 Å². The van der Waals surface area contributed by atoms with Crippen molar-refractivity contribution in [2.45, 2.75) is 26.0 Å². The number of carbonyl (C=O) groups excluding carboxylic acids is 2. The van der Waals surface area contributed by atoms with Crippen molar-refractivity contribution in [1.29, 1.82) is 0 Å². The molecule has 1 aliphatic heterocycles. The molecule has 8 heteroatoms. The fourth-order valence-corrected chi connectivity index (χ4v) is 3.27. The minimum Gasteiger partial charge on any atom is -0.483 e. The number of amides is 2. The number of nitrogens with one attached hydrogen (secondary N) is 1.